The molecular weight excluding hydrogens is 392 g/mol. The molecule has 3 nitrogen and oxygen atoms in total. The van der Waals surface area contributed by atoms with Crippen molar-refractivity contribution in [3.63, 3.8) is 0 Å². The number of thiophene rings is 1. The summed E-state index contributed by atoms with van der Waals surface area (Å²) in [4.78, 5) is 25.5. The van der Waals surface area contributed by atoms with Gasteiger partial charge in [-0.15, -0.1) is 11.3 Å². The summed E-state index contributed by atoms with van der Waals surface area (Å²) < 4.78 is 0. The molecule has 2 aromatic carbocycles. The van der Waals surface area contributed by atoms with E-state index in [-0.39, 0.29) is 23.7 Å². The molecule has 1 atom stereocenters. The summed E-state index contributed by atoms with van der Waals surface area (Å²) >= 11 is 7.29. The van der Waals surface area contributed by atoms with Gasteiger partial charge in [0.2, 0.25) is 0 Å². The zero-order valence-electron chi connectivity index (χ0n) is 15.2. The summed E-state index contributed by atoms with van der Waals surface area (Å²) in [7, 11) is 0. The number of benzene rings is 2. The minimum Gasteiger partial charge on any atom is -0.478 e. The first kappa shape index (κ1) is 18.9. The van der Waals surface area contributed by atoms with Crippen molar-refractivity contribution in [1.29, 1.82) is 0 Å². The third-order valence-electron chi connectivity index (χ3n) is 5.37. The van der Waals surface area contributed by atoms with E-state index in [9.17, 15) is 14.7 Å². The van der Waals surface area contributed by atoms with Gasteiger partial charge in [0.15, 0.2) is 0 Å². The molecule has 0 fully saturated rings. The second-order valence-corrected chi connectivity index (χ2v) is 8.51. The average Bonchev–Trinajstić information content (AvgIpc) is 3.12. The van der Waals surface area contributed by atoms with Gasteiger partial charge in [0.25, 0.3) is 0 Å². The van der Waals surface area contributed by atoms with Crippen LogP contribution in [-0.4, -0.2) is 16.9 Å². The largest absolute Gasteiger partial charge is 0.478 e. The SMILES string of the molecule is O=C(O)c1c(-c2ccc(Cl)cc2)csc1CC(=O)C1CCc2ccccc2C1. The average molecular weight is 411 g/mol. The number of halogens is 1. The highest BCUT2D eigenvalue weighted by Gasteiger charge is 2.27. The van der Waals surface area contributed by atoms with E-state index in [1.165, 1.54) is 22.5 Å². The maximum Gasteiger partial charge on any atom is 0.337 e. The predicted octanol–water partition coefficient (Wildman–Crippen LogP) is 5.68. The van der Waals surface area contributed by atoms with Crippen LogP contribution in [-0.2, 0) is 24.1 Å². The fourth-order valence-corrected chi connectivity index (χ4v) is 5.06. The van der Waals surface area contributed by atoms with E-state index in [4.69, 9.17) is 11.6 Å². The van der Waals surface area contributed by atoms with Crippen molar-refractivity contribution in [2.45, 2.75) is 25.7 Å². The molecule has 0 bridgehead atoms. The molecule has 0 saturated carbocycles. The Morgan fingerprint density at radius 1 is 1.07 bits per heavy atom. The number of carboxylic acid groups (broad SMARTS) is 1. The van der Waals surface area contributed by atoms with Crippen LogP contribution in [0, 0.1) is 5.92 Å². The Kier molecular flexibility index (Phi) is 5.33. The fraction of sp³-hybridized carbons (Fsp3) is 0.217. The number of rotatable bonds is 5. The summed E-state index contributed by atoms with van der Waals surface area (Å²) in [6, 6.07) is 15.3. The molecule has 1 aliphatic rings. The minimum absolute atomic E-state index is 0.0439. The monoisotopic (exact) mass is 410 g/mol. The highest BCUT2D eigenvalue weighted by Crippen LogP contribution is 2.34. The molecule has 5 heteroatoms. The molecule has 0 radical (unpaired) electrons. The van der Waals surface area contributed by atoms with Crippen molar-refractivity contribution in [2.24, 2.45) is 5.92 Å². The summed E-state index contributed by atoms with van der Waals surface area (Å²) in [5.41, 5.74) is 4.23. The van der Waals surface area contributed by atoms with E-state index in [2.05, 4.69) is 12.1 Å². The van der Waals surface area contributed by atoms with E-state index in [1.54, 1.807) is 24.3 Å². The van der Waals surface area contributed by atoms with E-state index in [0.717, 1.165) is 24.8 Å². The highest BCUT2D eigenvalue weighted by molar-refractivity contribution is 7.11. The van der Waals surface area contributed by atoms with Gasteiger partial charge < -0.3 is 5.11 Å². The Bertz CT molecular complexity index is 1040. The van der Waals surface area contributed by atoms with Crippen LogP contribution >= 0.6 is 22.9 Å². The number of carbonyl (C=O) groups is 2. The second kappa shape index (κ2) is 7.90. The molecule has 4 rings (SSSR count). The molecule has 142 valence electrons. The smallest absolute Gasteiger partial charge is 0.337 e. The summed E-state index contributed by atoms with van der Waals surface area (Å²) in [6.45, 7) is 0. The number of carboxylic acids is 1. The second-order valence-electron chi connectivity index (χ2n) is 7.11. The van der Waals surface area contributed by atoms with Crippen molar-refractivity contribution >= 4 is 34.7 Å². The zero-order chi connectivity index (χ0) is 19.7. The molecule has 1 aliphatic carbocycles. The zero-order valence-corrected chi connectivity index (χ0v) is 16.7. The van der Waals surface area contributed by atoms with Gasteiger partial charge in [0.1, 0.15) is 5.78 Å². The van der Waals surface area contributed by atoms with Crippen LogP contribution in [0.5, 0.6) is 0 Å². The molecule has 1 heterocycles. The van der Waals surface area contributed by atoms with E-state index >= 15 is 0 Å². The van der Waals surface area contributed by atoms with Gasteiger partial charge >= 0.3 is 5.97 Å². The molecule has 28 heavy (non-hydrogen) atoms. The van der Waals surface area contributed by atoms with Gasteiger partial charge in [-0.1, -0.05) is 48.0 Å². The lowest BCUT2D eigenvalue weighted by molar-refractivity contribution is -0.122. The Morgan fingerprint density at radius 3 is 2.50 bits per heavy atom. The van der Waals surface area contributed by atoms with Crippen molar-refractivity contribution < 1.29 is 14.7 Å². The van der Waals surface area contributed by atoms with Crippen LogP contribution < -0.4 is 0 Å². The standard InChI is InChI=1S/C23H19ClO3S/c24-18-9-7-15(8-10-18)19-13-28-21(22(19)23(26)27)12-20(25)17-6-5-14-3-1-2-4-16(14)11-17/h1-4,7-10,13,17H,5-6,11-12H2,(H,26,27). The van der Waals surface area contributed by atoms with Crippen LogP contribution in [0.15, 0.2) is 53.9 Å². The Morgan fingerprint density at radius 2 is 1.79 bits per heavy atom. The lowest BCUT2D eigenvalue weighted by Gasteiger charge is -2.23. The molecule has 1 N–H and O–H groups in total. The van der Waals surface area contributed by atoms with Crippen LogP contribution in [0.3, 0.4) is 0 Å². The van der Waals surface area contributed by atoms with Gasteiger partial charge in [-0.05, 0) is 53.5 Å². The number of hydrogen-bond donors (Lipinski definition) is 1. The Labute approximate surface area is 172 Å². The quantitative estimate of drug-likeness (QED) is 0.588. The Hall–Kier alpha value is -2.43. The lowest BCUT2D eigenvalue weighted by atomic mass is 9.81. The molecule has 0 amide bonds. The number of hydrogen-bond acceptors (Lipinski definition) is 3. The first-order valence-corrected chi connectivity index (χ1v) is 10.5. The topological polar surface area (TPSA) is 54.4 Å². The van der Waals surface area contributed by atoms with Crippen molar-refractivity contribution in [2.75, 3.05) is 0 Å². The first-order chi connectivity index (χ1) is 13.5. The lowest BCUT2D eigenvalue weighted by Crippen LogP contribution is -2.24. The number of Topliss-reactive ketones (excluding diaryl/α,β-unsaturated/α-hetero) is 1. The number of fused-ring (bicyclic) bond motifs is 1. The summed E-state index contributed by atoms with van der Waals surface area (Å²) in [6.07, 6.45) is 2.64. The molecule has 0 spiro atoms. The molecular formula is C23H19ClO3S. The maximum absolute atomic E-state index is 12.9. The minimum atomic E-state index is -0.997. The van der Waals surface area contributed by atoms with Gasteiger partial charge in [-0.25, -0.2) is 4.79 Å². The van der Waals surface area contributed by atoms with Gasteiger partial charge in [-0.3, -0.25) is 4.79 Å². The van der Waals surface area contributed by atoms with E-state index in [1.807, 2.05) is 17.5 Å². The number of ketones is 1. The Balaban J connectivity index is 1.57. The van der Waals surface area contributed by atoms with Crippen molar-refractivity contribution in [3.05, 3.63) is 80.5 Å². The van der Waals surface area contributed by atoms with Crippen LogP contribution in [0.1, 0.15) is 32.8 Å². The summed E-state index contributed by atoms with van der Waals surface area (Å²) in [5, 5.41) is 12.2. The van der Waals surface area contributed by atoms with Gasteiger partial charge in [0.05, 0.1) is 5.56 Å². The predicted molar refractivity (Wildman–Crippen MR) is 112 cm³/mol. The highest BCUT2D eigenvalue weighted by atomic mass is 35.5. The van der Waals surface area contributed by atoms with Crippen LogP contribution in [0.2, 0.25) is 5.02 Å². The molecule has 0 saturated heterocycles. The van der Waals surface area contributed by atoms with E-state index in [0.29, 0.717) is 15.5 Å². The first-order valence-electron chi connectivity index (χ1n) is 9.22. The maximum atomic E-state index is 12.9. The number of aromatic carboxylic acids is 1. The van der Waals surface area contributed by atoms with E-state index < -0.39 is 5.97 Å². The van der Waals surface area contributed by atoms with Crippen molar-refractivity contribution in [3.8, 4) is 11.1 Å². The fourth-order valence-electron chi connectivity index (χ4n) is 3.88. The van der Waals surface area contributed by atoms with Crippen LogP contribution in [0.4, 0.5) is 0 Å². The third kappa shape index (κ3) is 3.75. The van der Waals surface area contributed by atoms with Crippen LogP contribution in [0.25, 0.3) is 11.1 Å². The summed E-state index contributed by atoms with van der Waals surface area (Å²) in [5.74, 6) is -0.915. The molecule has 3 aromatic rings. The number of aryl methyl sites for hydroxylation is 1. The molecule has 0 aliphatic heterocycles. The van der Waals surface area contributed by atoms with Gasteiger partial charge in [-0.2, -0.15) is 0 Å². The normalized spacial score (nSPS) is 15.8. The number of carbonyl (C=O) groups excluding carboxylic acids is 1. The van der Waals surface area contributed by atoms with Gasteiger partial charge in [0, 0.05) is 27.8 Å². The molecule has 1 aromatic heterocycles. The molecule has 1 unspecified atom stereocenters. The third-order valence-corrected chi connectivity index (χ3v) is 6.61. The van der Waals surface area contributed by atoms with Crippen molar-refractivity contribution in [1.82, 2.24) is 0 Å².